The van der Waals surface area contributed by atoms with Crippen molar-refractivity contribution in [1.82, 2.24) is 9.47 Å². The highest BCUT2D eigenvalue weighted by Gasteiger charge is 2.15. The molecule has 0 saturated carbocycles. The number of aromatic nitrogens is 1. The Hall–Kier alpha value is -2.47. The lowest BCUT2D eigenvalue weighted by molar-refractivity contribution is 0.0333. The lowest BCUT2D eigenvalue weighted by Gasteiger charge is -2.25. The second kappa shape index (κ2) is 10.2. The maximum atomic E-state index is 13.5. The zero-order valence-electron chi connectivity index (χ0n) is 16.2. The maximum Gasteiger partial charge on any atom is 0.123 e. The molecule has 1 unspecified atom stereocenters. The molecule has 1 aromatic heterocycles. The zero-order chi connectivity index (χ0) is 19.8. The van der Waals surface area contributed by atoms with E-state index in [9.17, 15) is 9.50 Å². The van der Waals surface area contributed by atoms with Crippen LogP contribution in [0.25, 0.3) is 0 Å². The molecule has 0 saturated heterocycles. The van der Waals surface area contributed by atoms with Gasteiger partial charge in [-0.25, -0.2) is 4.39 Å². The van der Waals surface area contributed by atoms with Crippen molar-refractivity contribution in [3.8, 4) is 0 Å². The third-order valence-electron chi connectivity index (χ3n) is 4.63. The third kappa shape index (κ3) is 6.02. The van der Waals surface area contributed by atoms with Crippen molar-refractivity contribution < 1.29 is 14.2 Å². The Morgan fingerprint density at radius 2 is 1.79 bits per heavy atom. The van der Waals surface area contributed by atoms with E-state index < -0.39 is 6.10 Å². The molecule has 148 valence electrons. The summed E-state index contributed by atoms with van der Waals surface area (Å²) in [5, 5.41) is 10.2. The van der Waals surface area contributed by atoms with Crippen LogP contribution in [0.15, 0.2) is 72.9 Å². The molecule has 1 atom stereocenters. The smallest absolute Gasteiger partial charge is 0.123 e. The van der Waals surface area contributed by atoms with Crippen LogP contribution in [0.2, 0.25) is 0 Å². The van der Waals surface area contributed by atoms with E-state index in [0.717, 1.165) is 17.8 Å². The van der Waals surface area contributed by atoms with Crippen molar-refractivity contribution in [2.24, 2.45) is 0 Å². The third-order valence-corrected chi connectivity index (χ3v) is 4.63. The molecule has 5 heteroatoms. The van der Waals surface area contributed by atoms with Gasteiger partial charge in [-0.2, -0.15) is 0 Å². The average Bonchev–Trinajstić information content (AvgIpc) is 3.09. The Morgan fingerprint density at radius 1 is 1.00 bits per heavy atom. The van der Waals surface area contributed by atoms with Gasteiger partial charge in [-0.15, -0.1) is 0 Å². The Bertz CT molecular complexity index is 851. The quantitative estimate of drug-likeness (QED) is 0.581. The molecule has 0 aliphatic rings. The molecular formula is C23H27FN2O2. The first-order valence-electron chi connectivity index (χ1n) is 9.46. The molecule has 0 fully saturated rings. The van der Waals surface area contributed by atoms with Crippen LogP contribution in [-0.2, 0) is 24.4 Å². The molecule has 3 aromatic rings. The fourth-order valence-electron chi connectivity index (χ4n) is 3.38. The van der Waals surface area contributed by atoms with E-state index in [2.05, 4.69) is 27.7 Å². The molecule has 0 amide bonds. The fourth-order valence-corrected chi connectivity index (χ4v) is 3.38. The Labute approximate surface area is 165 Å². The molecule has 0 aliphatic carbocycles. The highest BCUT2D eigenvalue weighted by atomic mass is 19.1. The van der Waals surface area contributed by atoms with E-state index in [0.29, 0.717) is 26.2 Å². The number of ether oxygens (including phenoxy) is 1. The van der Waals surface area contributed by atoms with Gasteiger partial charge >= 0.3 is 0 Å². The molecule has 3 rings (SSSR count). The minimum atomic E-state index is -0.555. The second-order valence-electron chi connectivity index (χ2n) is 7.02. The first kappa shape index (κ1) is 20.3. The van der Waals surface area contributed by atoms with Gasteiger partial charge in [-0.05, 0) is 35.4 Å². The first-order valence-corrected chi connectivity index (χ1v) is 9.46. The summed E-state index contributed by atoms with van der Waals surface area (Å²) in [6.45, 7) is 2.83. The van der Waals surface area contributed by atoms with Crippen LogP contribution in [0.4, 0.5) is 4.39 Å². The summed E-state index contributed by atoms with van der Waals surface area (Å²) < 4.78 is 20.7. The highest BCUT2D eigenvalue weighted by Crippen LogP contribution is 2.14. The topological polar surface area (TPSA) is 37.6 Å². The van der Waals surface area contributed by atoms with E-state index in [4.69, 9.17) is 4.74 Å². The maximum absolute atomic E-state index is 13.5. The van der Waals surface area contributed by atoms with Crippen LogP contribution >= 0.6 is 0 Å². The van der Waals surface area contributed by atoms with Crippen LogP contribution in [0, 0.1) is 5.82 Å². The normalized spacial score (nSPS) is 12.4. The van der Waals surface area contributed by atoms with Gasteiger partial charge in [0.15, 0.2) is 0 Å². The van der Waals surface area contributed by atoms with E-state index >= 15 is 0 Å². The highest BCUT2D eigenvalue weighted by molar-refractivity contribution is 5.19. The number of halogens is 1. The predicted octanol–water partition coefficient (Wildman–Crippen LogP) is 3.69. The lowest BCUT2D eigenvalue weighted by atomic mass is 10.2. The number of hydrogen-bond donors (Lipinski definition) is 1. The summed E-state index contributed by atoms with van der Waals surface area (Å²) in [6, 6.07) is 21.0. The largest absolute Gasteiger partial charge is 0.389 e. The molecule has 4 nitrogen and oxygen atoms in total. The summed E-state index contributed by atoms with van der Waals surface area (Å²) in [5.74, 6) is -0.223. The van der Waals surface area contributed by atoms with E-state index in [1.165, 1.54) is 11.6 Å². The number of rotatable bonds is 10. The minimum Gasteiger partial charge on any atom is -0.389 e. The summed E-state index contributed by atoms with van der Waals surface area (Å²) >= 11 is 0. The minimum absolute atomic E-state index is 0.223. The molecule has 0 bridgehead atoms. The van der Waals surface area contributed by atoms with Crippen molar-refractivity contribution in [1.29, 1.82) is 0 Å². The van der Waals surface area contributed by atoms with Crippen LogP contribution < -0.4 is 0 Å². The Kier molecular flexibility index (Phi) is 7.37. The van der Waals surface area contributed by atoms with E-state index in [1.54, 1.807) is 19.2 Å². The molecule has 28 heavy (non-hydrogen) atoms. The number of aliphatic hydroxyl groups is 1. The number of hydrogen-bond acceptors (Lipinski definition) is 3. The summed E-state index contributed by atoms with van der Waals surface area (Å²) in [6.07, 6.45) is 1.45. The number of methoxy groups -OCH3 is 1. The van der Waals surface area contributed by atoms with Gasteiger partial charge in [0.1, 0.15) is 5.82 Å². The molecule has 0 aliphatic heterocycles. The number of nitrogens with zero attached hydrogens (tertiary/aromatic N) is 2. The van der Waals surface area contributed by atoms with Gasteiger partial charge in [-0.1, -0.05) is 42.5 Å². The first-order chi connectivity index (χ1) is 13.6. The lowest BCUT2D eigenvalue weighted by Crippen LogP contribution is -2.34. The predicted molar refractivity (Wildman–Crippen MR) is 108 cm³/mol. The SMILES string of the molecule is COCC(O)CN(Cc1ccccc1)Cc1cccn1Cc1cccc(F)c1. The average molecular weight is 382 g/mol. The monoisotopic (exact) mass is 382 g/mol. The second-order valence-corrected chi connectivity index (χ2v) is 7.02. The molecular weight excluding hydrogens is 355 g/mol. The van der Waals surface area contributed by atoms with Crippen molar-refractivity contribution in [2.75, 3.05) is 20.3 Å². The summed E-state index contributed by atoms with van der Waals surface area (Å²) in [4.78, 5) is 2.20. The molecule has 1 heterocycles. The van der Waals surface area contributed by atoms with Crippen molar-refractivity contribution in [2.45, 2.75) is 25.7 Å². The zero-order valence-corrected chi connectivity index (χ0v) is 16.2. The van der Waals surface area contributed by atoms with Gasteiger partial charge in [0, 0.05) is 45.2 Å². The van der Waals surface area contributed by atoms with Gasteiger partial charge < -0.3 is 14.4 Å². The Balaban J connectivity index is 1.73. The van der Waals surface area contributed by atoms with Crippen LogP contribution in [-0.4, -0.2) is 40.9 Å². The van der Waals surface area contributed by atoms with E-state index in [1.807, 2.05) is 36.5 Å². The van der Waals surface area contributed by atoms with Crippen molar-refractivity contribution in [3.63, 3.8) is 0 Å². The molecule has 1 N–H and O–H groups in total. The van der Waals surface area contributed by atoms with Gasteiger partial charge in [0.05, 0.1) is 12.7 Å². The number of benzene rings is 2. The van der Waals surface area contributed by atoms with E-state index in [-0.39, 0.29) is 5.82 Å². The standard InChI is InChI=1S/C23H27FN2O2/c1-28-18-23(27)17-25(14-19-7-3-2-4-8-19)16-22-11-6-12-26(22)15-20-9-5-10-21(24)13-20/h2-13,23,27H,14-18H2,1H3. The summed E-state index contributed by atoms with van der Waals surface area (Å²) in [7, 11) is 1.59. The van der Waals surface area contributed by atoms with Gasteiger partial charge in [0.25, 0.3) is 0 Å². The molecule has 2 aromatic carbocycles. The van der Waals surface area contributed by atoms with Crippen LogP contribution in [0.5, 0.6) is 0 Å². The Morgan fingerprint density at radius 3 is 2.54 bits per heavy atom. The van der Waals surface area contributed by atoms with Crippen molar-refractivity contribution in [3.05, 3.63) is 95.6 Å². The van der Waals surface area contributed by atoms with Gasteiger partial charge in [0.2, 0.25) is 0 Å². The number of aliphatic hydroxyl groups excluding tert-OH is 1. The van der Waals surface area contributed by atoms with Crippen molar-refractivity contribution >= 4 is 0 Å². The fraction of sp³-hybridized carbons (Fsp3) is 0.304. The van der Waals surface area contributed by atoms with Crippen LogP contribution in [0.1, 0.15) is 16.8 Å². The van der Waals surface area contributed by atoms with Crippen LogP contribution in [0.3, 0.4) is 0 Å². The molecule has 0 spiro atoms. The molecule has 0 radical (unpaired) electrons. The summed E-state index contributed by atoms with van der Waals surface area (Å²) in [5.41, 5.74) is 3.23. The van der Waals surface area contributed by atoms with Gasteiger partial charge in [-0.3, -0.25) is 4.90 Å².